The Balaban J connectivity index is 2.76. The molecular formula is C14H25N3O. The van der Waals surface area contributed by atoms with Crippen molar-refractivity contribution in [1.29, 1.82) is 5.26 Å². The Morgan fingerprint density at radius 1 is 1.39 bits per heavy atom. The van der Waals surface area contributed by atoms with Gasteiger partial charge in [-0.25, -0.2) is 0 Å². The number of nitrogens with zero attached hydrogens (tertiary/aromatic N) is 2. The highest BCUT2D eigenvalue weighted by atomic mass is 16.2. The third kappa shape index (κ3) is 3.46. The van der Waals surface area contributed by atoms with E-state index in [1.54, 1.807) is 0 Å². The summed E-state index contributed by atoms with van der Waals surface area (Å²) in [7, 11) is 0. The number of piperidine rings is 1. The second-order valence-electron chi connectivity index (χ2n) is 5.07. The van der Waals surface area contributed by atoms with Crippen LogP contribution in [0.15, 0.2) is 0 Å². The molecule has 1 rings (SSSR count). The monoisotopic (exact) mass is 251 g/mol. The van der Waals surface area contributed by atoms with Gasteiger partial charge in [-0.3, -0.25) is 4.79 Å². The van der Waals surface area contributed by atoms with Crippen LogP contribution in [0.1, 0.15) is 46.0 Å². The van der Waals surface area contributed by atoms with Crippen molar-refractivity contribution in [3.8, 4) is 6.07 Å². The quantitative estimate of drug-likeness (QED) is 0.784. The topological polar surface area (TPSA) is 56.1 Å². The number of nitriles is 1. The highest BCUT2D eigenvalue weighted by Crippen LogP contribution is 2.36. The molecule has 1 amide bonds. The normalized spacial score (nSPS) is 18.1. The maximum Gasteiger partial charge on any atom is 0.228 e. The Kier molecular flexibility index (Phi) is 6.14. The van der Waals surface area contributed by atoms with Gasteiger partial charge in [0.2, 0.25) is 5.91 Å². The average Bonchev–Trinajstić information content (AvgIpc) is 2.41. The molecule has 0 radical (unpaired) electrons. The van der Waals surface area contributed by atoms with Crippen molar-refractivity contribution >= 4 is 5.91 Å². The lowest BCUT2D eigenvalue weighted by molar-refractivity contribution is -0.144. The summed E-state index contributed by atoms with van der Waals surface area (Å²) in [6.45, 7) is 7.28. The van der Waals surface area contributed by atoms with E-state index >= 15 is 0 Å². The molecule has 1 fully saturated rings. The number of carbonyl (C=O) groups excluding carboxylic acids is 1. The Bertz CT molecular complexity index is 297. The van der Waals surface area contributed by atoms with E-state index in [1.165, 1.54) is 0 Å². The largest absolute Gasteiger partial charge is 0.341 e. The molecule has 1 saturated heterocycles. The van der Waals surface area contributed by atoms with Gasteiger partial charge in [0, 0.05) is 13.1 Å². The molecule has 1 N–H and O–H groups in total. The lowest BCUT2D eigenvalue weighted by Crippen LogP contribution is -2.49. The summed E-state index contributed by atoms with van der Waals surface area (Å²) in [6.07, 6.45) is 4.31. The summed E-state index contributed by atoms with van der Waals surface area (Å²) in [5, 5.41) is 12.0. The van der Waals surface area contributed by atoms with E-state index < -0.39 is 0 Å². The van der Waals surface area contributed by atoms with Gasteiger partial charge >= 0.3 is 0 Å². The highest BCUT2D eigenvalue weighted by Gasteiger charge is 2.40. The number of carbonyl (C=O) groups is 1. The molecule has 1 aliphatic rings. The van der Waals surface area contributed by atoms with Crippen LogP contribution < -0.4 is 5.32 Å². The first-order valence-corrected chi connectivity index (χ1v) is 7.07. The van der Waals surface area contributed by atoms with Gasteiger partial charge in [-0.05, 0) is 39.3 Å². The van der Waals surface area contributed by atoms with E-state index in [1.807, 2.05) is 11.8 Å². The fraction of sp³-hybridized carbons (Fsp3) is 0.857. The summed E-state index contributed by atoms with van der Waals surface area (Å²) in [4.78, 5) is 14.6. The van der Waals surface area contributed by atoms with E-state index in [0.29, 0.717) is 19.5 Å². The van der Waals surface area contributed by atoms with Crippen molar-refractivity contribution in [3.05, 3.63) is 0 Å². The predicted octanol–water partition coefficient (Wildman–Crippen LogP) is 1.92. The zero-order valence-electron chi connectivity index (χ0n) is 11.7. The molecule has 0 atom stereocenters. The maximum absolute atomic E-state index is 12.7. The molecule has 1 aliphatic heterocycles. The van der Waals surface area contributed by atoms with Crippen LogP contribution in [0.5, 0.6) is 0 Å². The van der Waals surface area contributed by atoms with Crippen LogP contribution in [0.25, 0.3) is 0 Å². The van der Waals surface area contributed by atoms with Crippen molar-refractivity contribution in [2.24, 2.45) is 5.41 Å². The van der Waals surface area contributed by atoms with Crippen LogP contribution in [0.2, 0.25) is 0 Å². The van der Waals surface area contributed by atoms with Gasteiger partial charge in [0.1, 0.15) is 0 Å². The number of rotatable bonds is 6. The van der Waals surface area contributed by atoms with Crippen LogP contribution in [-0.4, -0.2) is 37.0 Å². The summed E-state index contributed by atoms with van der Waals surface area (Å²) < 4.78 is 0. The Morgan fingerprint density at radius 3 is 2.56 bits per heavy atom. The minimum absolute atomic E-state index is 0.175. The van der Waals surface area contributed by atoms with Crippen LogP contribution in [0.4, 0.5) is 0 Å². The predicted molar refractivity (Wildman–Crippen MR) is 71.9 cm³/mol. The summed E-state index contributed by atoms with van der Waals surface area (Å²) in [6, 6.07) is 2.13. The fourth-order valence-corrected chi connectivity index (χ4v) is 2.88. The van der Waals surface area contributed by atoms with Gasteiger partial charge in [0.05, 0.1) is 17.9 Å². The van der Waals surface area contributed by atoms with Crippen molar-refractivity contribution in [2.45, 2.75) is 46.0 Å². The lowest BCUT2D eigenvalue weighted by Gasteiger charge is -2.39. The second kappa shape index (κ2) is 7.38. The molecule has 1 heterocycles. The van der Waals surface area contributed by atoms with Crippen LogP contribution in [-0.2, 0) is 4.79 Å². The fourth-order valence-electron chi connectivity index (χ4n) is 2.88. The van der Waals surface area contributed by atoms with Crippen molar-refractivity contribution in [3.63, 3.8) is 0 Å². The van der Waals surface area contributed by atoms with Crippen molar-refractivity contribution in [1.82, 2.24) is 10.2 Å². The third-order valence-corrected chi connectivity index (χ3v) is 3.91. The van der Waals surface area contributed by atoms with E-state index in [4.69, 9.17) is 5.26 Å². The molecule has 4 heteroatoms. The van der Waals surface area contributed by atoms with E-state index in [9.17, 15) is 4.79 Å². The van der Waals surface area contributed by atoms with Gasteiger partial charge in [0.15, 0.2) is 0 Å². The Labute approximate surface area is 110 Å². The molecule has 0 aromatic carbocycles. The van der Waals surface area contributed by atoms with Crippen LogP contribution >= 0.6 is 0 Å². The average molecular weight is 251 g/mol. The lowest BCUT2D eigenvalue weighted by atomic mass is 9.74. The molecule has 0 bridgehead atoms. The first-order valence-electron chi connectivity index (χ1n) is 7.07. The zero-order valence-corrected chi connectivity index (χ0v) is 11.7. The number of hydrogen-bond donors (Lipinski definition) is 1. The van der Waals surface area contributed by atoms with E-state index in [0.717, 1.165) is 38.8 Å². The molecule has 102 valence electrons. The number of amides is 1. The molecule has 0 unspecified atom stereocenters. The Hall–Kier alpha value is -1.08. The standard InChI is InChI=1S/C14H25N3O/c1-3-6-14(7-10-16-11-8-14)13(18)17(4-2)12-5-9-15/h16H,3-8,10-12H2,1-2H3. The Morgan fingerprint density at radius 2 is 2.06 bits per heavy atom. The maximum atomic E-state index is 12.7. The second-order valence-corrected chi connectivity index (χ2v) is 5.07. The summed E-state index contributed by atoms with van der Waals surface area (Å²) in [5.41, 5.74) is -0.175. The molecule has 0 saturated carbocycles. The third-order valence-electron chi connectivity index (χ3n) is 3.91. The van der Waals surface area contributed by atoms with Crippen LogP contribution in [0.3, 0.4) is 0 Å². The van der Waals surface area contributed by atoms with Gasteiger partial charge in [0.25, 0.3) is 0 Å². The molecule has 0 aromatic heterocycles. The summed E-state index contributed by atoms with van der Waals surface area (Å²) in [5.74, 6) is 0.267. The molecule has 0 aromatic rings. The first kappa shape index (κ1) is 15.0. The van der Waals surface area contributed by atoms with Gasteiger partial charge in [-0.15, -0.1) is 0 Å². The van der Waals surface area contributed by atoms with Gasteiger partial charge in [-0.2, -0.15) is 5.26 Å². The first-order chi connectivity index (χ1) is 8.70. The SMILES string of the molecule is CCCC1(C(=O)N(CC)CCC#N)CCNCC1. The number of nitrogens with one attached hydrogen (secondary N) is 1. The van der Waals surface area contributed by atoms with Gasteiger partial charge in [-0.1, -0.05) is 13.3 Å². The molecule has 4 nitrogen and oxygen atoms in total. The van der Waals surface area contributed by atoms with E-state index in [-0.39, 0.29) is 11.3 Å². The molecular weight excluding hydrogens is 226 g/mol. The molecule has 18 heavy (non-hydrogen) atoms. The smallest absolute Gasteiger partial charge is 0.228 e. The van der Waals surface area contributed by atoms with Crippen LogP contribution in [0, 0.1) is 16.7 Å². The zero-order chi connectivity index (χ0) is 13.4. The summed E-state index contributed by atoms with van der Waals surface area (Å²) >= 11 is 0. The van der Waals surface area contributed by atoms with Crippen molar-refractivity contribution < 1.29 is 4.79 Å². The molecule has 0 spiro atoms. The minimum Gasteiger partial charge on any atom is -0.341 e. The minimum atomic E-state index is -0.175. The van der Waals surface area contributed by atoms with E-state index in [2.05, 4.69) is 18.3 Å². The highest BCUT2D eigenvalue weighted by molar-refractivity contribution is 5.83. The van der Waals surface area contributed by atoms with Gasteiger partial charge < -0.3 is 10.2 Å². The number of hydrogen-bond acceptors (Lipinski definition) is 3. The van der Waals surface area contributed by atoms with Crippen molar-refractivity contribution in [2.75, 3.05) is 26.2 Å². The molecule has 0 aliphatic carbocycles.